The lowest BCUT2D eigenvalue weighted by molar-refractivity contribution is -0.134. The Morgan fingerprint density at radius 1 is 1.10 bits per heavy atom. The van der Waals surface area contributed by atoms with Crippen LogP contribution < -0.4 is 5.32 Å². The number of likely N-dealkylation sites (tertiary alicyclic amines) is 1. The van der Waals surface area contributed by atoms with Crippen LogP contribution in [0.2, 0.25) is 5.02 Å². The highest BCUT2D eigenvalue weighted by atomic mass is 35.5. The number of hydrogen-bond acceptors (Lipinski definition) is 7. The minimum Gasteiger partial charge on any atom is -0.358 e. The van der Waals surface area contributed by atoms with Crippen LogP contribution in [-0.4, -0.2) is 77.1 Å². The maximum Gasteiger partial charge on any atom is 0.245 e. The molecule has 1 saturated heterocycles. The SMILES string of the molecule is Cc1nc(N[C@H]2CCN(C3(CS(=O)(=O)c4ccccc4)CCC(N(C)C(C)C)CC3)C2=O)c2cc(Cl)ccc2n1. The fourth-order valence-electron chi connectivity index (χ4n) is 6.30. The Morgan fingerprint density at radius 3 is 2.48 bits per heavy atom. The van der Waals surface area contributed by atoms with E-state index in [-0.39, 0.29) is 11.7 Å². The first-order chi connectivity index (χ1) is 19.0. The van der Waals surface area contributed by atoms with Gasteiger partial charge in [0.1, 0.15) is 17.7 Å². The number of aryl methyl sites for hydroxylation is 1. The molecule has 5 rings (SSSR count). The monoisotopic (exact) mass is 583 g/mol. The molecule has 1 saturated carbocycles. The van der Waals surface area contributed by atoms with E-state index < -0.39 is 21.4 Å². The van der Waals surface area contributed by atoms with Gasteiger partial charge in [-0.05, 0) is 90.3 Å². The number of benzene rings is 2. The summed E-state index contributed by atoms with van der Waals surface area (Å²) in [5.41, 5.74) is -0.0107. The van der Waals surface area contributed by atoms with Crippen molar-refractivity contribution in [3.8, 4) is 0 Å². The molecule has 40 heavy (non-hydrogen) atoms. The number of fused-ring (bicyclic) bond motifs is 1. The molecule has 1 aliphatic heterocycles. The summed E-state index contributed by atoms with van der Waals surface area (Å²) >= 11 is 6.27. The molecule has 10 heteroatoms. The standard InChI is InChI=1S/C30H38ClN5O3S/c1-20(2)35(4)23-12-15-30(16-13-23,19-40(38,39)24-8-6-5-7-9-24)36-17-14-27(29(36)37)34-28-25-18-22(31)10-11-26(25)32-21(3)33-28/h5-11,18,20,23,27H,12-17,19H2,1-4H3,(H,32,33,34)/t23?,27-,30?/m0/s1. The number of carbonyl (C=O) groups is 1. The second-order valence-corrected chi connectivity index (χ2v) is 14.0. The summed E-state index contributed by atoms with van der Waals surface area (Å²) < 4.78 is 27.4. The number of nitrogens with one attached hydrogen (secondary N) is 1. The lowest BCUT2D eigenvalue weighted by Gasteiger charge is -2.48. The number of amides is 1. The van der Waals surface area contributed by atoms with Crippen LogP contribution in [0.5, 0.6) is 0 Å². The third-order valence-electron chi connectivity index (χ3n) is 8.70. The van der Waals surface area contributed by atoms with Crippen molar-refractivity contribution in [2.24, 2.45) is 0 Å². The molecule has 0 unspecified atom stereocenters. The number of hydrogen-bond donors (Lipinski definition) is 1. The Morgan fingerprint density at radius 2 is 1.80 bits per heavy atom. The molecule has 1 aromatic heterocycles. The van der Waals surface area contributed by atoms with E-state index >= 15 is 0 Å². The molecule has 2 fully saturated rings. The zero-order chi connectivity index (χ0) is 28.7. The van der Waals surface area contributed by atoms with E-state index in [0.717, 1.165) is 23.7 Å². The fraction of sp³-hybridized carbons (Fsp3) is 0.500. The third kappa shape index (κ3) is 5.69. The van der Waals surface area contributed by atoms with Crippen molar-refractivity contribution in [2.75, 3.05) is 24.7 Å². The molecule has 2 heterocycles. The van der Waals surface area contributed by atoms with E-state index in [9.17, 15) is 13.2 Å². The largest absolute Gasteiger partial charge is 0.358 e. The van der Waals surface area contributed by atoms with Crippen LogP contribution in [0.1, 0.15) is 51.8 Å². The minimum absolute atomic E-state index is 0.0776. The smallest absolute Gasteiger partial charge is 0.245 e. The highest BCUT2D eigenvalue weighted by Gasteiger charge is 2.50. The molecule has 2 aliphatic rings. The average Bonchev–Trinajstić information content (AvgIpc) is 3.29. The van der Waals surface area contributed by atoms with Crippen LogP contribution in [0.3, 0.4) is 0 Å². The molecule has 3 aromatic rings. The molecule has 0 radical (unpaired) electrons. The third-order valence-corrected chi connectivity index (χ3v) is 10.8. The number of aromatic nitrogens is 2. The first-order valence-corrected chi connectivity index (χ1v) is 16.0. The van der Waals surface area contributed by atoms with Gasteiger partial charge in [0.25, 0.3) is 0 Å². The Bertz CT molecular complexity index is 1490. The number of halogens is 1. The zero-order valence-electron chi connectivity index (χ0n) is 23.6. The quantitative estimate of drug-likeness (QED) is 0.394. The van der Waals surface area contributed by atoms with E-state index in [4.69, 9.17) is 11.6 Å². The van der Waals surface area contributed by atoms with Crippen LogP contribution in [0.25, 0.3) is 10.9 Å². The van der Waals surface area contributed by atoms with Gasteiger partial charge in [0.2, 0.25) is 5.91 Å². The van der Waals surface area contributed by atoms with Gasteiger partial charge < -0.3 is 15.1 Å². The number of nitrogens with zero attached hydrogens (tertiary/aromatic N) is 4. The van der Waals surface area contributed by atoms with Gasteiger partial charge in [-0.3, -0.25) is 4.79 Å². The van der Waals surface area contributed by atoms with Gasteiger partial charge in [-0.2, -0.15) is 0 Å². The van der Waals surface area contributed by atoms with E-state index in [1.54, 1.807) is 36.4 Å². The Hall–Kier alpha value is -2.75. The van der Waals surface area contributed by atoms with E-state index in [1.807, 2.05) is 24.0 Å². The van der Waals surface area contributed by atoms with Gasteiger partial charge >= 0.3 is 0 Å². The van der Waals surface area contributed by atoms with E-state index in [1.165, 1.54) is 0 Å². The first-order valence-electron chi connectivity index (χ1n) is 14.0. The number of anilines is 1. The summed E-state index contributed by atoms with van der Waals surface area (Å²) in [5.74, 6) is 1.01. The maximum atomic E-state index is 14.0. The molecule has 1 N–H and O–H groups in total. The lowest BCUT2D eigenvalue weighted by atomic mass is 9.78. The predicted octanol–water partition coefficient (Wildman–Crippen LogP) is 5.10. The van der Waals surface area contributed by atoms with Crippen LogP contribution in [-0.2, 0) is 14.6 Å². The van der Waals surface area contributed by atoms with Gasteiger partial charge in [-0.1, -0.05) is 29.8 Å². The summed E-state index contributed by atoms with van der Waals surface area (Å²) in [6.45, 7) is 6.66. The second-order valence-electron chi connectivity index (χ2n) is 11.5. The highest BCUT2D eigenvalue weighted by molar-refractivity contribution is 7.91. The van der Waals surface area contributed by atoms with Crippen molar-refractivity contribution >= 4 is 44.1 Å². The number of rotatable bonds is 8. The van der Waals surface area contributed by atoms with Crippen molar-refractivity contribution in [3.63, 3.8) is 0 Å². The summed E-state index contributed by atoms with van der Waals surface area (Å²) in [6.07, 6.45) is 3.53. The van der Waals surface area contributed by atoms with Crippen molar-refractivity contribution in [3.05, 3.63) is 59.4 Å². The highest BCUT2D eigenvalue weighted by Crippen LogP contribution is 2.41. The topological polar surface area (TPSA) is 95.5 Å². The normalized spacial score (nSPS) is 23.9. The Kier molecular flexibility index (Phi) is 8.10. The predicted molar refractivity (Wildman–Crippen MR) is 159 cm³/mol. The summed E-state index contributed by atoms with van der Waals surface area (Å²) in [6, 6.07) is 14.3. The van der Waals surface area contributed by atoms with Crippen LogP contribution in [0.15, 0.2) is 53.4 Å². The maximum absolute atomic E-state index is 14.0. The van der Waals surface area contributed by atoms with Crippen LogP contribution >= 0.6 is 11.6 Å². The average molecular weight is 584 g/mol. The molecular weight excluding hydrogens is 546 g/mol. The molecular formula is C30H38ClN5O3S. The molecule has 1 amide bonds. The van der Waals surface area contributed by atoms with Crippen LogP contribution in [0, 0.1) is 6.92 Å². The summed E-state index contributed by atoms with van der Waals surface area (Å²) in [7, 11) is -1.48. The van der Waals surface area contributed by atoms with Gasteiger partial charge in [0, 0.05) is 29.0 Å². The molecule has 2 aromatic carbocycles. The minimum atomic E-state index is -3.61. The lowest BCUT2D eigenvalue weighted by Crippen LogP contribution is -2.58. The Balaban J connectivity index is 1.44. The van der Waals surface area contributed by atoms with Crippen molar-refractivity contribution in [1.29, 1.82) is 0 Å². The van der Waals surface area contributed by atoms with Gasteiger partial charge in [-0.15, -0.1) is 0 Å². The number of carbonyl (C=O) groups excluding carboxylic acids is 1. The zero-order valence-corrected chi connectivity index (χ0v) is 25.2. The van der Waals surface area contributed by atoms with Gasteiger partial charge in [0.15, 0.2) is 9.84 Å². The first kappa shape index (κ1) is 28.8. The fourth-order valence-corrected chi connectivity index (χ4v) is 8.37. The molecule has 214 valence electrons. The van der Waals surface area contributed by atoms with E-state index in [0.29, 0.717) is 59.5 Å². The van der Waals surface area contributed by atoms with Gasteiger partial charge in [-0.25, -0.2) is 18.4 Å². The molecule has 0 spiro atoms. The molecule has 8 nitrogen and oxygen atoms in total. The molecule has 0 bridgehead atoms. The van der Waals surface area contributed by atoms with Crippen molar-refractivity contribution in [1.82, 2.24) is 19.8 Å². The van der Waals surface area contributed by atoms with Crippen molar-refractivity contribution in [2.45, 2.75) is 81.4 Å². The number of sulfone groups is 1. The Labute approximate surface area is 242 Å². The molecule has 1 atom stereocenters. The molecule has 1 aliphatic carbocycles. The van der Waals surface area contributed by atoms with Crippen molar-refractivity contribution < 1.29 is 13.2 Å². The van der Waals surface area contributed by atoms with Gasteiger partial charge in [0.05, 0.1) is 21.7 Å². The van der Waals surface area contributed by atoms with Crippen LogP contribution in [0.4, 0.5) is 5.82 Å². The van der Waals surface area contributed by atoms with E-state index in [2.05, 4.69) is 41.1 Å². The summed E-state index contributed by atoms with van der Waals surface area (Å²) in [4.78, 5) is 27.6. The summed E-state index contributed by atoms with van der Waals surface area (Å²) in [5, 5.41) is 4.68. The second kappa shape index (κ2) is 11.3.